The predicted molar refractivity (Wildman–Crippen MR) is 83.6 cm³/mol. The van der Waals surface area contributed by atoms with Crippen LogP contribution in [0.1, 0.15) is 35.2 Å². The van der Waals surface area contributed by atoms with Crippen molar-refractivity contribution in [1.82, 2.24) is 0 Å². The molecule has 2 aromatic carbocycles. The monoisotopic (exact) mass is 267 g/mol. The number of hydrogen-bond acceptors (Lipinski definition) is 2. The van der Waals surface area contributed by atoms with Crippen LogP contribution < -0.4 is 10.1 Å². The lowest BCUT2D eigenvalue weighted by atomic mass is 9.98. The number of aryl methyl sites for hydroxylation is 3. The number of ether oxygens (including phenoxy) is 1. The molecule has 1 aliphatic rings. The zero-order valence-electron chi connectivity index (χ0n) is 12.4. The van der Waals surface area contributed by atoms with E-state index in [-0.39, 0.29) is 6.04 Å². The number of rotatable bonds is 2. The Morgan fingerprint density at radius 3 is 2.80 bits per heavy atom. The van der Waals surface area contributed by atoms with Gasteiger partial charge < -0.3 is 10.1 Å². The number of hydrogen-bond donors (Lipinski definition) is 1. The van der Waals surface area contributed by atoms with Gasteiger partial charge in [0.2, 0.25) is 0 Å². The van der Waals surface area contributed by atoms with E-state index in [2.05, 4.69) is 62.5 Å². The van der Waals surface area contributed by atoms with E-state index in [4.69, 9.17) is 4.74 Å². The molecule has 20 heavy (non-hydrogen) atoms. The molecular weight excluding hydrogens is 246 g/mol. The van der Waals surface area contributed by atoms with Crippen LogP contribution in [-0.2, 0) is 6.42 Å². The first-order valence-electron chi connectivity index (χ1n) is 7.27. The molecule has 1 N–H and O–H groups in total. The van der Waals surface area contributed by atoms with Crippen molar-refractivity contribution in [2.45, 2.75) is 33.2 Å². The van der Waals surface area contributed by atoms with Gasteiger partial charge in [0.25, 0.3) is 0 Å². The van der Waals surface area contributed by atoms with Crippen molar-refractivity contribution in [2.75, 3.05) is 11.9 Å². The van der Waals surface area contributed by atoms with Crippen molar-refractivity contribution in [1.29, 1.82) is 0 Å². The van der Waals surface area contributed by atoms with Gasteiger partial charge in [0.15, 0.2) is 0 Å². The standard InChI is InChI=1S/C18H21NO/c1-4-14-7-8-18-16(10-14)19-17(11-20-18)15-9-12(2)5-6-13(15)3/h5-10,17,19H,4,11H2,1-3H3. The number of nitrogens with one attached hydrogen (secondary N) is 1. The SMILES string of the molecule is CCc1ccc2c(c1)NC(c1cc(C)ccc1C)CO2. The predicted octanol–water partition coefficient (Wildman–Crippen LogP) is 4.41. The molecule has 0 aromatic heterocycles. The normalized spacial score (nSPS) is 17.1. The van der Waals surface area contributed by atoms with Gasteiger partial charge in [-0.25, -0.2) is 0 Å². The third-order valence-electron chi connectivity index (χ3n) is 4.00. The summed E-state index contributed by atoms with van der Waals surface area (Å²) in [6.07, 6.45) is 1.04. The topological polar surface area (TPSA) is 21.3 Å². The largest absolute Gasteiger partial charge is 0.489 e. The fraction of sp³-hybridized carbons (Fsp3) is 0.333. The summed E-state index contributed by atoms with van der Waals surface area (Å²) in [7, 11) is 0. The molecule has 1 heterocycles. The second-order valence-electron chi connectivity index (χ2n) is 5.55. The molecule has 0 bridgehead atoms. The van der Waals surface area contributed by atoms with Crippen molar-refractivity contribution in [2.24, 2.45) is 0 Å². The maximum Gasteiger partial charge on any atom is 0.142 e. The lowest BCUT2D eigenvalue weighted by Gasteiger charge is -2.29. The molecule has 2 aromatic rings. The number of benzene rings is 2. The maximum atomic E-state index is 5.92. The number of fused-ring (bicyclic) bond motifs is 1. The highest BCUT2D eigenvalue weighted by molar-refractivity contribution is 5.61. The molecule has 0 saturated heterocycles. The van der Waals surface area contributed by atoms with Crippen LogP contribution in [0.4, 0.5) is 5.69 Å². The summed E-state index contributed by atoms with van der Waals surface area (Å²) in [6.45, 7) is 7.15. The van der Waals surface area contributed by atoms with E-state index in [1.54, 1.807) is 0 Å². The Labute approximate surface area is 120 Å². The van der Waals surface area contributed by atoms with Gasteiger partial charge >= 0.3 is 0 Å². The first-order chi connectivity index (χ1) is 9.67. The average Bonchev–Trinajstić information content (AvgIpc) is 2.48. The van der Waals surface area contributed by atoms with Crippen molar-refractivity contribution >= 4 is 5.69 Å². The quantitative estimate of drug-likeness (QED) is 0.870. The average molecular weight is 267 g/mol. The Balaban J connectivity index is 1.93. The van der Waals surface area contributed by atoms with Crippen molar-refractivity contribution in [3.8, 4) is 5.75 Å². The smallest absolute Gasteiger partial charge is 0.142 e. The molecule has 2 nitrogen and oxygen atoms in total. The van der Waals surface area contributed by atoms with Gasteiger partial charge in [0.1, 0.15) is 12.4 Å². The summed E-state index contributed by atoms with van der Waals surface area (Å²) in [5.74, 6) is 0.962. The minimum Gasteiger partial charge on any atom is -0.489 e. The Bertz CT molecular complexity index is 633. The Kier molecular flexibility index (Phi) is 3.39. The fourth-order valence-electron chi connectivity index (χ4n) is 2.74. The Morgan fingerprint density at radius 2 is 2.00 bits per heavy atom. The molecule has 0 spiro atoms. The van der Waals surface area contributed by atoms with E-state index in [0.717, 1.165) is 17.9 Å². The lowest BCUT2D eigenvalue weighted by Crippen LogP contribution is -2.24. The molecule has 1 unspecified atom stereocenters. The molecule has 104 valence electrons. The highest BCUT2D eigenvalue weighted by atomic mass is 16.5. The van der Waals surface area contributed by atoms with Crippen LogP contribution in [-0.4, -0.2) is 6.61 Å². The second kappa shape index (κ2) is 5.20. The highest BCUT2D eigenvalue weighted by Gasteiger charge is 2.21. The molecule has 1 atom stereocenters. The van der Waals surface area contributed by atoms with Crippen molar-refractivity contribution < 1.29 is 4.74 Å². The Hall–Kier alpha value is -1.96. The van der Waals surface area contributed by atoms with Crippen molar-refractivity contribution in [3.63, 3.8) is 0 Å². The van der Waals surface area contributed by atoms with E-state index in [0.29, 0.717) is 6.61 Å². The summed E-state index contributed by atoms with van der Waals surface area (Å²) in [5.41, 5.74) is 6.38. The van der Waals surface area contributed by atoms with Crippen LogP contribution >= 0.6 is 0 Å². The summed E-state index contributed by atoms with van der Waals surface area (Å²) >= 11 is 0. The van der Waals surface area contributed by atoms with Gasteiger partial charge in [-0.05, 0) is 49.1 Å². The second-order valence-corrected chi connectivity index (χ2v) is 5.55. The highest BCUT2D eigenvalue weighted by Crippen LogP contribution is 2.35. The zero-order chi connectivity index (χ0) is 14.1. The van der Waals surface area contributed by atoms with Gasteiger partial charge in [-0.1, -0.05) is 36.8 Å². The number of anilines is 1. The van der Waals surface area contributed by atoms with Crippen LogP contribution in [0, 0.1) is 13.8 Å². The lowest BCUT2D eigenvalue weighted by molar-refractivity contribution is 0.286. The van der Waals surface area contributed by atoms with E-state index < -0.39 is 0 Å². The third kappa shape index (κ3) is 2.38. The van der Waals surface area contributed by atoms with Crippen LogP contribution in [0.15, 0.2) is 36.4 Å². The van der Waals surface area contributed by atoms with E-state index in [1.807, 2.05) is 0 Å². The summed E-state index contributed by atoms with van der Waals surface area (Å²) in [5, 5.41) is 3.63. The zero-order valence-corrected chi connectivity index (χ0v) is 12.4. The van der Waals surface area contributed by atoms with Gasteiger partial charge in [-0.15, -0.1) is 0 Å². The van der Waals surface area contributed by atoms with Gasteiger partial charge in [0, 0.05) is 0 Å². The van der Waals surface area contributed by atoms with E-state index >= 15 is 0 Å². The third-order valence-corrected chi connectivity index (χ3v) is 4.00. The van der Waals surface area contributed by atoms with E-state index in [9.17, 15) is 0 Å². The minimum absolute atomic E-state index is 0.231. The van der Waals surface area contributed by atoms with Gasteiger partial charge in [-0.2, -0.15) is 0 Å². The van der Waals surface area contributed by atoms with Crippen LogP contribution in [0.2, 0.25) is 0 Å². The molecular formula is C18H21NO. The van der Waals surface area contributed by atoms with Crippen LogP contribution in [0.25, 0.3) is 0 Å². The molecule has 0 fully saturated rings. The summed E-state index contributed by atoms with van der Waals surface area (Å²) in [6, 6.07) is 13.2. The van der Waals surface area contributed by atoms with Gasteiger partial charge in [0.05, 0.1) is 11.7 Å². The molecule has 3 rings (SSSR count). The molecule has 0 radical (unpaired) electrons. The molecule has 0 amide bonds. The van der Waals surface area contributed by atoms with Crippen LogP contribution in [0.3, 0.4) is 0 Å². The van der Waals surface area contributed by atoms with Gasteiger partial charge in [-0.3, -0.25) is 0 Å². The first-order valence-corrected chi connectivity index (χ1v) is 7.27. The molecule has 2 heteroatoms. The van der Waals surface area contributed by atoms with E-state index in [1.165, 1.54) is 22.3 Å². The molecule has 0 aliphatic carbocycles. The fourth-order valence-corrected chi connectivity index (χ4v) is 2.74. The van der Waals surface area contributed by atoms with Crippen LogP contribution in [0.5, 0.6) is 5.75 Å². The Morgan fingerprint density at radius 1 is 1.15 bits per heavy atom. The summed E-state index contributed by atoms with van der Waals surface area (Å²) in [4.78, 5) is 0. The summed E-state index contributed by atoms with van der Waals surface area (Å²) < 4.78 is 5.92. The minimum atomic E-state index is 0.231. The van der Waals surface area contributed by atoms with Crippen molar-refractivity contribution in [3.05, 3.63) is 58.7 Å². The molecule has 1 aliphatic heterocycles. The maximum absolute atomic E-state index is 5.92. The molecule has 0 saturated carbocycles. The first kappa shape index (κ1) is 13.0.